The van der Waals surface area contributed by atoms with Crippen LogP contribution in [0.15, 0.2) is 0 Å². The van der Waals surface area contributed by atoms with E-state index in [-0.39, 0.29) is 0 Å². The van der Waals surface area contributed by atoms with Crippen molar-refractivity contribution in [2.45, 2.75) is 21.3 Å². The monoisotopic (exact) mass is 809 g/mol. The summed E-state index contributed by atoms with van der Waals surface area (Å²) in [5.41, 5.74) is 7.09. The third kappa shape index (κ3) is 5.72. The van der Waals surface area contributed by atoms with Crippen LogP contribution in [-0.4, -0.2) is 0 Å². The summed E-state index contributed by atoms with van der Waals surface area (Å²) in [6.07, 6.45) is 0. The van der Waals surface area contributed by atoms with Crippen LogP contribution in [0.25, 0.3) is 0 Å². The molecule has 0 spiro atoms. The van der Waals surface area contributed by atoms with Crippen molar-refractivity contribution in [3.05, 3.63) is 33.4 Å². The van der Waals surface area contributed by atoms with Crippen molar-refractivity contribution in [1.82, 2.24) is 0 Å². The molecule has 0 unspecified atom stereocenters. The second-order valence-electron chi connectivity index (χ2n) is 3.81. The first-order valence-corrected chi connectivity index (χ1v) is 16.9. The topological polar surface area (TPSA) is 0 Å². The van der Waals surface area contributed by atoms with Gasteiger partial charge in [-0.1, -0.05) is 75.6 Å². The van der Waals surface area contributed by atoms with Gasteiger partial charge in [-0.3, -0.25) is 0 Å². The van der Waals surface area contributed by atoms with E-state index >= 15 is 0 Å². The van der Waals surface area contributed by atoms with Gasteiger partial charge >= 0.3 is 0 Å². The van der Waals surface area contributed by atoms with Gasteiger partial charge in [0.15, 0.2) is 0 Å². The number of hydrogen-bond donors (Lipinski definition) is 0. The molecule has 0 saturated heterocycles. The van der Waals surface area contributed by atoms with Crippen LogP contribution in [0.3, 0.4) is 0 Å². The Hall–Kier alpha value is 2.42. The lowest BCUT2D eigenvalue weighted by atomic mass is 9.89. The number of halogens is 6. The third-order valence-electron chi connectivity index (χ3n) is 2.90. The lowest BCUT2D eigenvalue weighted by Crippen LogP contribution is -2.07. The van der Waals surface area contributed by atoms with E-state index < -0.39 is 0 Å². The molecule has 0 fully saturated rings. The molecule has 0 heterocycles. The van der Waals surface area contributed by atoms with Gasteiger partial charge in [0.1, 0.15) is 0 Å². The highest BCUT2D eigenvalue weighted by molar-refractivity contribution is 14.2. The van der Waals surface area contributed by atoms with Gasteiger partial charge in [-0.25, -0.2) is 0 Å². The van der Waals surface area contributed by atoms with Gasteiger partial charge in [0.05, 0.1) is 0 Å². The molecule has 0 radical (unpaired) electrons. The van der Waals surface area contributed by atoms with Crippen LogP contribution in [-0.2, 0) is 21.3 Å². The fourth-order valence-corrected chi connectivity index (χ4v) is 5.42. The van der Waals surface area contributed by atoms with Crippen molar-refractivity contribution < 1.29 is 0 Å². The zero-order chi connectivity index (χ0) is 16.5. The van der Waals surface area contributed by atoms with Gasteiger partial charge in [0.25, 0.3) is 0 Å². The van der Waals surface area contributed by atoms with E-state index in [1.807, 2.05) is 0 Å². The summed E-state index contributed by atoms with van der Waals surface area (Å²) in [6, 6.07) is 0. The molecule has 118 valence electrons. The van der Waals surface area contributed by atoms with Crippen LogP contribution >= 0.6 is 124 Å². The maximum atomic E-state index is 3.62. The molecule has 0 aliphatic carbocycles. The Morgan fingerprint density at radius 2 is 0.909 bits per heavy atom. The largest absolute Gasteiger partial charge is 0.0876 e. The van der Waals surface area contributed by atoms with E-state index in [0.717, 1.165) is 32.4 Å². The lowest BCUT2D eigenvalue weighted by molar-refractivity contribution is 1.17. The van der Waals surface area contributed by atoms with Gasteiger partial charge in [0.2, 0.25) is 0 Å². The highest BCUT2D eigenvalue weighted by Gasteiger charge is 2.20. The molecule has 0 aromatic heterocycles. The molecular weight excluding hydrogens is 806 g/mol. The quantitative estimate of drug-likeness (QED) is 0.172. The molecule has 0 bridgehead atoms. The van der Waals surface area contributed by atoms with Gasteiger partial charge in [-0.15, -0.1) is 0 Å². The molecular formula is C14H8Br4I2S2. The Morgan fingerprint density at radius 1 is 0.636 bits per heavy atom. The SMILES string of the molecule is BrCc1c(C#CSI)c(CBr)c(CBr)c(C#CSI)c1CBr. The zero-order valence-electron chi connectivity index (χ0n) is 10.9. The molecule has 0 amide bonds. The van der Waals surface area contributed by atoms with Crippen LogP contribution in [0.1, 0.15) is 33.4 Å². The minimum atomic E-state index is 0.762. The predicted molar refractivity (Wildman–Crippen MR) is 134 cm³/mol. The van der Waals surface area contributed by atoms with E-state index in [1.54, 1.807) is 0 Å². The Bertz CT molecular complexity index is 567. The molecule has 22 heavy (non-hydrogen) atoms. The first-order valence-electron chi connectivity index (χ1n) is 5.70. The van der Waals surface area contributed by atoms with Crippen molar-refractivity contribution in [2.24, 2.45) is 0 Å². The highest BCUT2D eigenvalue weighted by atomic mass is 127. The number of alkyl halides is 4. The minimum Gasteiger partial charge on any atom is -0.0876 e. The Kier molecular flexibility index (Phi) is 13.0. The van der Waals surface area contributed by atoms with Gasteiger partial charge in [-0.05, 0) is 50.6 Å². The van der Waals surface area contributed by atoms with Crippen molar-refractivity contribution in [3.8, 4) is 22.3 Å². The summed E-state index contributed by atoms with van der Waals surface area (Å²) >= 11 is 18.9. The van der Waals surface area contributed by atoms with Crippen molar-refractivity contribution in [2.75, 3.05) is 0 Å². The number of benzene rings is 1. The van der Waals surface area contributed by atoms with Crippen molar-refractivity contribution >= 4 is 124 Å². The van der Waals surface area contributed by atoms with Crippen LogP contribution in [0.2, 0.25) is 0 Å². The molecule has 1 aromatic rings. The summed E-state index contributed by atoms with van der Waals surface area (Å²) < 4.78 is 0. The average molecular weight is 814 g/mol. The number of rotatable bonds is 4. The van der Waals surface area contributed by atoms with Crippen LogP contribution in [0, 0.1) is 22.3 Å². The Labute approximate surface area is 197 Å². The van der Waals surface area contributed by atoms with Gasteiger partial charge < -0.3 is 0 Å². The summed E-state index contributed by atoms with van der Waals surface area (Å²) in [6.45, 7) is 0. The maximum absolute atomic E-state index is 3.62. The summed E-state index contributed by atoms with van der Waals surface area (Å²) in [5.74, 6) is 6.63. The van der Waals surface area contributed by atoms with Gasteiger partial charge in [-0.2, -0.15) is 0 Å². The number of hydrogen-bond acceptors (Lipinski definition) is 2. The minimum absolute atomic E-state index is 0.762. The summed E-state index contributed by atoms with van der Waals surface area (Å²) in [5, 5.41) is 9.29. The van der Waals surface area contributed by atoms with E-state index in [1.165, 1.54) is 40.1 Å². The lowest BCUT2D eigenvalue weighted by Gasteiger charge is -2.19. The van der Waals surface area contributed by atoms with Crippen LogP contribution in [0.5, 0.6) is 0 Å². The second-order valence-corrected chi connectivity index (χ2v) is 9.41. The molecule has 1 aromatic carbocycles. The first kappa shape index (κ1) is 22.5. The fraction of sp³-hybridized carbons (Fsp3) is 0.286. The molecule has 0 saturated carbocycles. The molecule has 0 nitrogen and oxygen atoms in total. The predicted octanol–water partition coefficient (Wildman–Crippen LogP) is 8.05. The molecule has 8 heteroatoms. The smallest absolute Gasteiger partial charge is 0.0342 e. The fourth-order valence-electron chi connectivity index (χ4n) is 2.00. The molecule has 0 N–H and O–H groups in total. The van der Waals surface area contributed by atoms with E-state index in [2.05, 4.69) is 128 Å². The van der Waals surface area contributed by atoms with Crippen molar-refractivity contribution in [3.63, 3.8) is 0 Å². The van der Waals surface area contributed by atoms with Crippen molar-refractivity contribution in [1.29, 1.82) is 0 Å². The third-order valence-corrected chi connectivity index (χ3v) is 6.82. The van der Waals surface area contributed by atoms with E-state index in [4.69, 9.17) is 0 Å². The van der Waals surface area contributed by atoms with Gasteiger partial charge in [0, 0.05) is 74.9 Å². The van der Waals surface area contributed by atoms with Crippen LogP contribution < -0.4 is 0 Å². The average Bonchev–Trinajstić information content (AvgIpc) is 2.55. The normalized spacial score (nSPS) is 9.73. The first-order chi connectivity index (χ1) is 10.7. The molecule has 1 rings (SSSR count). The molecule has 0 atom stereocenters. The summed E-state index contributed by atoms with van der Waals surface area (Å²) in [4.78, 5) is 0. The standard InChI is InChI=1S/C14H8Br4I2S2/c15-5-11-9(1-3-21-19)12(6-16)14(8-18)10(2-4-22-20)13(11)7-17/h5-8H2. The maximum Gasteiger partial charge on any atom is 0.0342 e. The van der Waals surface area contributed by atoms with E-state index in [0.29, 0.717) is 0 Å². The second kappa shape index (κ2) is 12.7. The zero-order valence-corrected chi connectivity index (χ0v) is 23.2. The highest BCUT2D eigenvalue weighted by Crippen LogP contribution is 2.34. The van der Waals surface area contributed by atoms with E-state index in [9.17, 15) is 0 Å². The Morgan fingerprint density at radius 3 is 1.09 bits per heavy atom. The van der Waals surface area contributed by atoms with Crippen LogP contribution in [0.4, 0.5) is 0 Å². The Balaban J connectivity index is 3.87. The summed E-state index contributed by atoms with van der Waals surface area (Å²) in [7, 11) is 3.00. The molecule has 0 aliphatic rings. The molecule has 0 aliphatic heterocycles.